The molecule has 0 saturated heterocycles. The highest BCUT2D eigenvalue weighted by molar-refractivity contribution is 5.02. The molecule has 1 aromatic rings. The van der Waals surface area contributed by atoms with E-state index in [4.69, 9.17) is 10.8 Å². The quantitative estimate of drug-likeness (QED) is 0.675. The summed E-state index contributed by atoms with van der Waals surface area (Å²) in [5.41, 5.74) is 7.44. The van der Waals surface area contributed by atoms with Gasteiger partial charge in [0.2, 0.25) is 0 Å². The van der Waals surface area contributed by atoms with Gasteiger partial charge in [-0.1, -0.05) is 58.3 Å². The molecule has 0 aromatic carbocycles. The molecule has 1 atom stereocenters. The summed E-state index contributed by atoms with van der Waals surface area (Å²) in [4.78, 5) is 0. The van der Waals surface area contributed by atoms with Crippen LogP contribution in [0.15, 0.2) is 12.3 Å². The monoisotopic (exact) mass is 291 g/mol. The Hall–Kier alpha value is -0.830. The SMILES string of the molecule is CCCCCCCC(N)Cc1ccn(C2CCCCC2)n1. The molecular weight excluding hydrogens is 258 g/mol. The van der Waals surface area contributed by atoms with Crippen LogP contribution in [0, 0.1) is 0 Å². The molecule has 1 saturated carbocycles. The van der Waals surface area contributed by atoms with Gasteiger partial charge in [0.1, 0.15) is 0 Å². The predicted molar refractivity (Wildman–Crippen MR) is 89.4 cm³/mol. The molecule has 2 N–H and O–H groups in total. The van der Waals surface area contributed by atoms with Gasteiger partial charge in [0.25, 0.3) is 0 Å². The zero-order valence-corrected chi connectivity index (χ0v) is 13.8. The maximum atomic E-state index is 6.26. The van der Waals surface area contributed by atoms with Crippen LogP contribution in [0.1, 0.15) is 89.3 Å². The van der Waals surface area contributed by atoms with Gasteiger partial charge < -0.3 is 5.73 Å². The highest BCUT2D eigenvalue weighted by Crippen LogP contribution is 2.27. The predicted octanol–water partition coefficient (Wildman–Crippen LogP) is 4.62. The molecule has 120 valence electrons. The Bertz CT molecular complexity index is 380. The third kappa shape index (κ3) is 5.82. The number of rotatable bonds is 9. The molecule has 2 rings (SSSR count). The molecule has 1 aromatic heterocycles. The van der Waals surface area contributed by atoms with Crippen molar-refractivity contribution >= 4 is 0 Å². The van der Waals surface area contributed by atoms with E-state index in [9.17, 15) is 0 Å². The Balaban J connectivity index is 1.68. The van der Waals surface area contributed by atoms with E-state index >= 15 is 0 Å². The van der Waals surface area contributed by atoms with Crippen LogP contribution in [-0.2, 0) is 6.42 Å². The summed E-state index contributed by atoms with van der Waals surface area (Å²) in [5, 5.41) is 4.77. The summed E-state index contributed by atoms with van der Waals surface area (Å²) in [6.45, 7) is 2.26. The van der Waals surface area contributed by atoms with Crippen LogP contribution in [0.2, 0.25) is 0 Å². The topological polar surface area (TPSA) is 43.8 Å². The van der Waals surface area contributed by atoms with E-state index in [2.05, 4.69) is 23.9 Å². The van der Waals surface area contributed by atoms with Gasteiger partial charge in [-0.05, 0) is 25.3 Å². The first-order chi connectivity index (χ1) is 10.3. The molecule has 3 heteroatoms. The van der Waals surface area contributed by atoms with Crippen LogP contribution in [0.5, 0.6) is 0 Å². The number of aromatic nitrogens is 2. The normalized spacial score (nSPS) is 18.0. The van der Waals surface area contributed by atoms with E-state index in [1.807, 2.05) is 0 Å². The van der Waals surface area contributed by atoms with E-state index in [0.717, 1.165) is 12.8 Å². The van der Waals surface area contributed by atoms with Gasteiger partial charge in [-0.3, -0.25) is 4.68 Å². The van der Waals surface area contributed by atoms with Crippen LogP contribution < -0.4 is 5.73 Å². The molecule has 1 fully saturated rings. The van der Waals surface area contributed by atoms with Crippen molar-refractivity contribution in [2.45, 2.75) is 96.1 Å². The van der Waals surface area contributed by atoms with Gasteiger partial charge in [-0.25, -0.2) is 0 Å². The Labute approximate surface area is 130 Å². The van der Waals surface area contributed by atoms with Gasteiger partial charge in [0.05, 0.1) is 11.7 Å². The smallest absolute Gasteiger partial charge is 0.0640 e. The summed E-state index contributed by atoms with van der Waals surface area (Å²) in [6.07, 6.45) is 17.6. The number of nitrogens with zero attached hydrogens (tertiary/aromatic N) is 2. The summed E-state index contributed by atoms with van der Waals surface area (Å²) >= 11 is 0. The Morgan fingerprint density at radius 2 is 1.95 bits per heavy atom. The average molecular weight is 291 g/mol. The van der Waals surface area contributed by atoms with Crippen LogP contribution in [0.4, 0.5) is 0 Å². The summed E-state index contributed by atoms with van der Waals surface area (Å²) in [6, 6.07) is 3.09. The number of hydrogen-bond acceptors (Lipinski definition) is 2. The Morgan fingerprint density at radius 3 is 2.71 bits per heavy atom. The van der Waals surface area contributed by atoms with Gasteiger partial charge in [-0.2, -0.15) is 5.10 Å². The molecule has 0 bridgehead atoms. The molecule has 21 heavy (non-hydrogen) atoms. The van der Waals surface area contributed by atoms with Crippen molar-refractivity contribution in [1.82, 2.24) is 9.78 Å². The molecule has 0 radical (unpaired) electrons. The zero-order valence-electron chi connectivity index (χ0n) is 13.8. The standard InChI is InChI=1S/C18H33N3/c1-2-3-4-5-7-10-16(19)15-17-13-14-21(20-17)18-11-8-6-9-12-18/h13-14,16,18H,2-12,15,19H2,1H3. The van der Waals surface area contributed by atoms with Crippen molar-refractivity contribution in [2.24, 2.45) is 5.73 Å². The lowest BCUT2D eigenvalue weighted by molar-refractivity contribution is 0.327. The van der Waals surface area contributed by atoms with E-state index in [0.29, 0.717) is 6.04 Å². The molecule has 0 aliphatic heterocycles. The third-order valence-electron chi connectivity index (χ3n) is 4.76. The minimum absolute atomic E-state index is 0.279. The van der Waals surface area contributed by atoms with Crippen LogP contribution in [-0.4, -0.2) is 15.8 Å². The highest BCUT2D eigenvalue weighted by Gasteiger charge is 2.16. The number of hydrogen-bond donors (Lipinski definition) is 1. The summed E-state index contributed by atoms with van der Waals surface area (Å²) in [5.74, 6) is 0. The molecule has 0 amide bonds. The summed E-state index contributed by atoms with van der Waals surface area (Å²) < 4.78 is 2.20. The van der Waals surface area contributed by atoms with Crippen molar-refractivity contribution in [3.8, 4) is 0 Å². The highest BCUT2D eigenvalue weighted by atomic mass is 15.3. The number of nitrogens with two attached hydrogens (primary N) is 1. The molecule has 1 aliphatic rings. The van der Waals surface area contributed by atoms with Gasteiger partial charge in [0, 0.05) is 18.7 Å². The third-order valence-corrected chi connectivity index (χ3v) is 4.76. The number of unbranched alkanes of at least 4 members (excludes halogenated alkanes) is 4. The second-order valence-corrected chi connectivity index (χ2v) is 6.75. The van der Waals surface area contributed by atoms with Gasteiger partial charge >= 0.3 is 0 Å². The lowest BCUT2D eigenvalue weighted by atomic mass is 9.96. The largest absolute Gasteiger partial charge is 0.327 e. The maximum absolute atomic E-state index is 6.26. The second-order valence-electron chi connectivity index (χ2n) is 6.75. The lowest BCUT2D eigenvalue weighted by Gasteiger charge is -2.21. The molecular formula is C18H33N3. The fourth-order valence-electron chi connectivity index (χ4n) is 3.42. The lowest BCUT2D eigenvalue weighted by Crippen LogP contribution is -2.23. The molecule has 1 unspecified atom stereocenters. The van der Waals surface area contributed by atoms with E-state index in [-0.39, 0.29) is 6.04 Å². The van der Waals surface area contributed by atoms with Gasteiger partial charge in [0.15, 0.2) is 0 Å². The maximum Gasteiger partial charge on any atom is 0.0640 e. The minimum Gasteiger partial charge on any atom is -0.327 e. The second kappa shape index (κ2) is 9.24. The van der Waals surface area contributed by atoms with Crippen molar-refractivity contribution in [2.75, 3.05) is 0 Å². The van der Waals surface area contributed by atoms with Crippen LogP contribution >= 0.6 is 0 Å². The Morgan fingerprint density at radius 1 is 1.19 bits per heavy atom. The summed E-state index contributed by atoms with van der Waals surface area (Å²) in [7, 11) is 0. The first kappa shape index (κ1) is 16.5. The fraction of sp³-hybridized carbons (Fsp3) is 0.833. The fourth-order valence-corrected chi connectivity index (χ4v) is 3.42. The zero-order chi connectivity index (χ0) is 14.9. The van der Waals surface area contributed by atoms with E-state index in [1.54, 1.807) is 0 Å². The minimum atomic E-state index is 0.279. The van der Waals surface area contributed by atoms with E-state index < -0.39 is 0 Å². The van der Waals surface area contributed by atoms with E-state index in [1.165, 1.54) is 69.9 Å². The molecule has 1 heterocycles. The van der Waals surface area contributed by atoms with Crippen molar-refractivity contribution in [3.63, 3.8) is 0 Å². The first-order valence-electron chi connectivity index (χ1n) is 9.09. The average Bonchev–Trinajstić information content (AvgIpc) is 2.96. The van der Waals surface area contributed by atoms with Crippen molar-refractivity contribution in [3.05, 3.63) is 18.0 Å². The van der Waals surface area contributed by atoms with Crippen LogP contribution in [0.3, 0.4) is 0 Å². The molecule has 0 spiro atoms. The van der Waals surface area contributed by atoms with Gasteiger partial charge in [-0.15, -0.1) is 0 Å². The Kier molecular flexibility index (Phi) is 7.28. The molecule has 3 nitrogen and oxygen atoms in total. The van der Waals surface area contributed by atoms with Crippen LogP contribution in [0.25, 0.3) is 0 Å². The van der Waals surface area contributed by atoms with Crippen molar-refractivity contribution < 1.29 is 0 Å². The first-order valence-corrected chi connectivity index (χ1v) is 9.09. The molecule has 1 aliphatic carbocycles. The van der Waals surface area contributed by atoms with Crippen molar-refractivity contribution in [1.29, 1.82) is 0 Å².